The first kappa shape index (κ1) is 15.4. The first-order chi connectivity index (χ1) is 10.2. The summed E-state index contributed by atoms with van der Waals surface area (Å²) in [7, 11) is -3.28. The average Bonchev–Trinajstić information content (AvgIpc) is 3.18. The van der Waals surface area contributed by atoms with Crippen molar-refractivity contribution in [1.29, 1.82) is 0 Å². The van der Waals surface area contributed by atoms with Crippen LogP contribution >= 0.6 is 11.3 Å². The molecule has 1 aromatic rings. The highest BCUT2D eigenvalue weighted by Gasteiger charge is 2.27. The molecule has 3 heterocycles. The molecule has 7 heteroatoms. The van der Waals surface area contributed by atoms with Crippen LogP contribution in [0, 0.1) is 0 Å². The highest BCUT2D eigenvalue weighted by molar-refractivity contribution is 7.91. The van der Waals surface area contributed by atoms with Gasteiger partial charge >= 0.3 is 0 Å². The highest BCUT2D eigenvalue weighted by atomic mass is 32.2. The average molecular weight is 330 g/mol. The van der Waals surface area contributed by atoms with Crippen LogP contribution in [0.1, 0.15) is 30.6 Å². The summed E-state index contributed by atoms with van der Waals surface area (Å²) in [6, 6.07) is 4.07. The van der Waals surface area contributed by atoms with Gasteiger partial charge in [-0.05, 0) is 31.4 Å². The summed E-state index contributed by atoms with van der Waals surface area (Å²) in [5.74, 6) is 0. The van der Waals surface area contributed by atoms with Gasteiger partial charge in [-0.25, -0.2) is 8.42 Å². The number of rotatable bonds is 5. The molecule has 1 atom stereocenters. The van der Waals surface area contributed by atoms with Gasteiger partial charge in [-0.15, -0.1) is 11.3 Å². The Morgan fingerprint density at radius 2 is 2.10 bits per heavy atom. The second kappa shape index (κ2) is 6.75. The van der Waals surface area contributed by atoms with Crippen molar-refractivity contribution in [3.05, 3.63) is 17.0 Å². The van der Waals surface area contributed by atoms with Crippen LogP contribution in [0.25, 0.3) is 0 Å². The van der Waals surface area contributed by atoms with E-state index in [1.807, 2.05) is 6.07 Å². The summed E-state index contributed by atoms with van der Waals surface area (Å²) < 4.78 is 32.5. The number of sulfonamides is 1. The molecule has 5 nitrogen and oxygen atoms in total. The van der Waals surface area contributed by atoms with Gasteiger partial charge in [0, 0.05) is 37.2 Å². The fourth-order valence-electron chi connectivity index (χ4n) is 2.76. The van der Waals surface area contributed by atoms with Gasteiger partial charge in [0.05, 0.1) is 6.61 Å². The lowest BCUT2D eigenvalue weighted by Crippen LogP contribution is -2.35. The predicted octanol–water partition coefficient (Wildman–Crippen LogP) is 1.80. The van der Waals surface area contributed by atoms with Crippen molar-refractivity contribution in [2.45, 2.75) is 42.5 Å². The van der Waals surface area contributed by atoms with Crippen LogP contribution in [-0.2, 0) is 21.3 Å². The van der Waals surface area contributed by atoms with Crippen LogP contribution in [0.4, 0.5) is 0 Å². The molecule has 0 aliphatic carbocycles. The monoisotopic (exact) mass is 330 g/mol. The summed E-state index contributed by atoms with van der Waals surface area (Å²) >= 11 is 1.38. The third kappa shape index (κ3) is 3.65. The fraction of sp³-hybridized carbons (Fsp3) is 0.714. The van der Waals surface area contributed by atoms with Gasteiger partial charge in [0.25, 0.3) is 10.0 Å². The Morgan fingerprint density at radius 1 is 1.29 bits per heavy atom. The molecule has 2 saturated heterocycles. The zero-order valence-corrected chi connectivity index (χ0v) is 13.7. The lowest BCUT2D eigenvalue weighted by molar-refractivity contribution is 0.190. The van der Waals surface area contributed by atoms with Crippen LogP contribution < -0.4 is 5.32 Å². The van der Waals surface area contributed by atoms with E-state index in [9.17, 15) is 8.42 Å². The van der Waals surface area contributed by atoms with Gasteiger partial charge in [0.1, 0.15) is 4.21 Å². The molecule has 2 fully saturated rings. The van der Waals surface area contributed by atoms with E-state index in [0.29, 0.717) is 29.9 Å². The number of ether oxygens (including phenoxy) is 1. The first-order valence-corrected chi connectivity index (χ1v) is 9.82. The van der Waals surface area contributed by atoms with Crippen molar-refractivity contribution in [2.75, 3.05) is 26.3 Å². The van der Waals surface area contributed by atoms with E-state index >= 15 is 0 Å². The van der Waals surface area contributed by atoms with E-state index < -0.39 is 10.0 Å². The molecular formula is C14H22N2O3S2. The van der Waals surface area contributed by atoms with Crippen molar-refractivity contribution in [2.24, 2.45) is 0 Å². The van der Waals surface area contributed by atoms with E-state index in [0.717, 1.165) is 43.8 Å². The van der Waals surface area contributed by atoms with Gasteiger partial charge in [0.15, 0.2) is 0 Å². The Balaban J connectivity index is 1.63. The van der Waals surface area contributed by atoms with Crippen molar-refractivity contribution < 1.29 is 13.2 Å². The zero-order valence-electron chi connectivity index (χ0n) is 12.1. The molecule has 118 valence electrons. The molecule has 0 saturated carbocycles. The molecule has 2 aliphatic heterocycles. The minimum atomic E-state index is -3.28. The Morgan fingerprint density at radius 3 is 2.81 bits per heavy atom. The highest BCUT2D eigenvalue weighted by Crippen LogP contribution is 2.27. The standard InChI is InChI=1S/C14H22N2O3S2/c17-21(18,16-7-2-1-3-8-16)14-5-4-13(20-14)10-15-12-6-9-19-11-12/h4-5,12,15H,1-3,6-11H2/t12-/m0/s1. The third-order valence-electron chi connectivity index (χ3n) is 4.04. The summed E-state index contributed by atoms with van der Waals surface area (Å²) in [6.07, 6.45) is 4.11. The molecule has 3 rings (SSSR count). The molecule has 0 aromatic carbocycles. The SMILES string of the molecule is O=S(=O)(c1ccc(CN[C@H]2CCOC2)s1)N1CCCCC1. The Hall–Kier alpha value is -0.470. The van der Waals surface area contributed by atoms with Crippen LogP contribution in [0.2, 0.25) is 0 Å². The summed E-state index contributed by atoms with van der Waals surface area (Å²) in [6.45, 7) is 3.61. The number of nitrogens with zero attached hydrogens (tertiary/aromatic N) is 1. The topological polar surface area (TPSA) is 58.6 Å². The molecule has 0 spiro atoms. The largest absolute Gasteiger partial charge is 0.380 e. The predicted molar refractivity (Wildman–Crippen MR) is 83.0 cm³/mol. The fourth-order valence-corrected chi connectivity index (χ4v) is 5.74. The van der Waals surface area contributed by atoms with Crippen molar-refractivity contribution in [1.82, 2.24) is 9.62 Å². The lowest BCUT2D eigenvalue weighted by Gasteiger charge is -2.25. The Kier molecular flexibility index (Phi) is 4.96. The van der Waals surface area contributed by atoms with Gasteiger partial charge in [-0.3, -0.25) is 0 Å². The maximum atomic E-state index is 12.6. The zero-order chi connectivity index (χ0) is 14.7. The minimum Gasteiger partial charge on any atom is -0.380 e. The van der Waals surface area contributed by atoms with Crippen molar-refractivity contribution in [3.63, 3.8) is 0 Å². The number of nitrogens with one attached hydrogen (secondary N) is 1. The van der Waals surface area contributed by atoms with Gasteiger partial charge < -0.3 is 10.1 Å². The second-order valence-electron chi connectivity index (χ2n) is 5.63. The number of piperidine rings is 1. The molecule has 0 bridgehead atoms. The van der Waals surface area contributed by atoms with E-state index in [2.05, 4.69) is 5.32 Å². The number of thiophene rings is 1. The van der Waals surface area contributed by atoms with Gasteiger partial charge in [-0.2, -0.15) is 4.31 Å². The first-order valence-electron chi connectivity index (χ1n) is 7.56. The maximum Gasteiger partial charge on any atom is 0.252 e. The van der Waals surface area contributed by atoms with Crippen LogP contribution in [-0.4, -0.2) is 45.1 Å². The minimum absolute atomic E-state index is 0.397. The Labute approximate surface area is 130 Å². The normalized spacial score (nSPS) is 24.5. The van der Waals surface area contributed by atoms with Crippen LogP contribution in [0.5, 0.6) is 0 Å². The lowest BCUT2D eigenvalue weighted by atomic mass is 10.2. The van der Waals surface area contributed by atoms with Gasteiger partial charge in [-0.1, -0.05) is 6.42 Å². The second-order valence-corrected chi connectivity index (χ2v) is 8.96. The van der Waals surface area contributed by atoms with E-state index in [1.165, 1.54) is 11.3 Å². The van der Waals surface area contributed by atoms with E-state index in [-0.39, 0.29) is 0 Å². The number of hydrogen-bond donors (Lipinski definition) is 1. The van der Waals surface area contributed by atoms with E-state index in [4.69, 9.17) is 4.74 Å². The summed E-state index contributed by atoms with van der Waals surface area (Å²) in [4.78, 5) is 1.07. The van der Waals surface area contributed by atoms with Gasteiger partial charge in [0.2, 0.25) is 0 Å². The molecule has 1 N–H and O–H groups in total. The molecule has 1 aromatic heterocycles. The quantitative estimate of drug-likeness (QED) is 0.894. The summed E-state index contributed by atoms with van der Waals surface area (Å²) in [5, 5.41) is 3.42. The molecule has 0 unspecified atom stereocenters. The van der Waals surface area contributed by atoms with E-state index in [1.54, 1.807) is 10.4 Å². The Bertz CT molecular complexity index is 559. The maximum absolute atomic E-state index is 12.6. The number of hydrogen-bond acceptors (Lipinski definition) is 5. The van der Waals surface area contributed by atoms with Crippen molar-refractivity contribution >= 4 is 21.4 Å². The van der Waals surface area contributed by atoms with Crippen LogP contribution in [0.3, 0.4) is 0 Å². The smallest absolute Gasteiger partial charge is 0.252 e. The third-order valence-corrected chi connectivity index (χ3v) is 7.49. The van der Waals surface area contributed by atoms with Crippen molar-refractivity contribution in [3.8, 4) is 0 Å². The summed E-state index contributed by atoms with van der Waals surface area (Å²) in [5.41, 5.74) is 0. The molecule has 21 heavy (non-hydrogen) atoms. The molecular weight excluding hydrogens is 308 g/mol. The van der Waals surface area contributed by atoms with Crippen LogP contribution in [0.15, 0.2) is 16.3 Å². The molecule has 0 amide bonds. The molecule has 0 radical (unpaired) electrons. The molecule has 2 aliphatic rings.